The lowest BCUT2D eigenvalue weighted by molar-refractivity contribution is 0.507. The third-order valence-electron chi connectivity index (χ3n) is 3.57. The molecule has 1 aliphatic rings. The zero-order valence-corrected chi connectivity index (χ0v) is 13.4. The highest BCUT2D eigenvalue weighted by Gasteiger charge is 2.25. The molecule has 1 heterocycles. The summed E-state index contributed by atoms with van der Waals surface area (Å²) < 4.78 is 40.0. The summed E-state index contributed by atoms with van der Waals surface area (Å²) in [6.45, 7) is 0. The molecule has 5 nitrogen and oxygen atoms in total. The van der Waals surface area contributed by atoms with E-state index in [0.717, 1.165) is 17.0 Å². The highest BCUT2D eigenvalue weighted by atomic mass is 32.2. The van der Waals surface area contributed by atoms with Gasteiger partial charge in [-0.2, -0.15) is 0 Å². The first kappa shape index (κ1) is 15.4. The van der Waals surface area contributed by atoms with E-state index in [4.69, 9.17) is 5.73 Å². The maximum Gasteiger partial charge on any atom is 0.216 e. The summed E-state index contributed by atoms with van der Waals surface area (Å²) >= 11 is 1.42. The molecule has 1 aliphatic carbocycles. The minimum Gasteiger partial charge on any atom is -0.375 e. The molecule has 1 aromatic carbocycles. The Bertz CT molecular complexity index is 772. The Balaban J connectivity index is 1.66. The number of thiazole rings is 1. The molecule has 1 atom stereocenters. The molecule has 0 fully saturated rings. The molecule has 3 rings (SSSR count). The van der Waals surface area contributed by atoms with E-state index in [9.17, 15) is 12.8 Å². The van der Waals surface area contributed by atoms with Crippen molar-refractivity contribution in [2.45, 2.75) is 31.1 Å². The maximum atomic E-state index is 12.9. The topological polar surface area (TPSA) is 85.1 Å². The van der Waals surface area contributed by atoms with E-state index in [-0.39, 0.29) is 17.6 Å². The number of nitrogen functional groups attached to an aromatic ring is 1. The number of anilines is 1. The van der Waals surface area contributed by atoms with Crippen LogP contribution in [0.1, 0.15) is 22.6 Å². The van der Waals surface area contributed by atoms with Crippen LogP contribution in [0.3, 0.4) is 0 Å². The first-order chi connectivity index (χ1) is 10.4. The lowest BCUT2D eigenvalue weighted by Crippen LogP contribution is -2.39. The number of aryl methyl sites for hydroxylation is 1. The fourth-order valence-electron chi connectivity index (χ4n) is 2.59. The molecule has 0 radical (unpaired) electrons. The summed E-state index contributed by atoms with van der Waals surface area (Å²) in [6, 6.07) is 5.35. The van der Waals surface area contributed by atoms with Crippen molar-refractivity contribution in [3.05, 3.63) is 46.2 Å². The second-order valence-electron chi connectivity index (χ2n) is 5.37. The molecule has 1 unspecified atom stereocenters. The first-order valence-corrected chi connectivity index (χ1v) is 9.37. The molecular weight excluding hydrogens is 325 g/mol. The zero-order valence-electron chi connectivity index (χ0n) is 11.8. The van der Waals surface area contributed by atoms with Gasteiger partial charge >= 0.3 is 0 Å². The molecule has 2 aromatic rings. The van der Waals surface area contributed by atoms with E-state index in [2.05, 4.69) is 9.71 Å². The lowest BCUT2D eigenvalue weighted by atomic mass is 9.99. The van der Waals surface area contributed by atoms with Crippen molar-refractivity contribution >= 4 is 26.5 Å². The molecule has 1 aromatic heterocycles. The van der Waals surface area contributed by atoms with Crippen molar-refractivity contribution in [1.82, 2.24) is 9.71 Å². The quantitative estimate of drug-likeness (QED) is 0.889. The Labute approximate surface area is 132 Å². The van der Waals surface area contributed by atoms with Crippen LogP contribution in [0.5, 0.6) is 0 Å². The zero-order chi connectivity index (χ0) is 15.7. The second-order valence-corrected chi connectivity index (χ2v) is 8.23. The Morgan fingerprint density at radius 2 is 2.09 bits per heavy atom. The fraction of sp³-hybridized carbons (Fsp3) is 0.357. The number of rotatable bonds is 4. The minimum atomic E-state index is -3.46. The van der Waals surface area contributed by atoms with Gasteiger partial charge in [0.2, 0.25) is 10.0 Å². The molecule has 22 heavy (non-hydrogen) atoms. The normalized spacial score (nSPS) is 18.1. The van der Waals surface area contributed by atoms with Crippen molar-refractivity contribution in [2.75, 3.05) is 5.73 Å². The van der Waals surface area contributed by atoms with Gasteiger partial charge in [-0.15, -0.1) is 11.3 Å². The maximum absolute atomic E-state index is 12.9. The van der Waals surface area contributed by atoms with Crippen LogP contribution in [-0.4, -0.2) is 19.4 Å². The molecule has 0 amide bonds. The molecule has 0 spiro atoms. The van der Waals surface area contributed by atoms with Gasteiger partial charge in [-0.05, 0) is 30.5 Å². The third kappa shape index (κ3) is 3.63. The van der Waals surface area contributed by atoms with Gasteiger partial charge in [0, 0.05) is 17.3 Å². The number of fused-ring (bicyclic) bond motifs is 1. The molecule has 118 valence electrons. The van der Waals surface area contributed by atoms with Crippen molar-refractivity contribution < 1.29 is 12.8 Å². The fourth-order valence-corrected chi connectivity index (χ4v) is 4.97. The number of hydrogen-bond donors (Lipinski definition) is 2. The predicted octanol–water partition coefficient (Wildman–Crippen LogP) is 1.84. The molecule has 3 N–H and O–H groups in total. The Morgan fingerprint density at radius 3 is 2.82 bits per heavy atom. The van der Waals surface area contributed by atoms with Crippen LogP contribution in [-0.2, 0) is 28.6 Å². The molecular formula is C14H16FN3O2S2. The smallest absolute Gasteiger partial charge is 0.216 e. The number of aromatic nitrogens is 1. The average Bonchev–Trinajstić information content (AvgIpc) is 2.80. The van der Waals surface area contributed by atoms with Gasteiger partial charge in [-0.3, -0.25) is 0 Å². The number of nitrogens with zero attached hydrogens (tertiary/aromatic N) is 1. The van der Waals surface area contributed by atoms with Gasteiger partial charge in [0.05, 0.1) is 11.4 Å². The summed E-state index contributed by atoms with van der Waals surface area (Å²) in [5.74, 6) is -0.529. The van der Waals surface area contributed by atoms with Crippen LogP contribution in [0.4, 0.5) is 9.52 Å². The summed E-state index contributed by atoms with van der Waals surface area (Å²) in [4.78, 5) is 5.30. The molecule has 0 bridgehead atoms. The van der Waals surface area contributed by atoms with Crippen LogP contribution in [0.25, 0.3) is 0 Å². The number of sulfonamides is 1. The standard InChI is InChI=1S/C14H16FN3O2S2/c15-10-3-1-9(2-4-10)8-22(19,20)18-11-5-6-12-13(7-11)21-14(16)17-12/h1-4,11,18H,5-8H2,(H2,16,17). The second kappa shape index (κ2) is 5.94. The highest BCUT2D eigenvalue weighted by Crippen LogP contribution is 2.28. The van der Waals surface area contributed by atoms with Gasteiger partial charge in [-0.25, -0.2) is 22.5 Å². The number of halogens is 1. The molecule has 0 saturated carbocycles. The monoisotopic (exact) mass is 341 g/mol. The molecule has 0 saturated heterocycles. The molecule has 8 heteroatoms. The van der Waals surface area contributed by atoms with Gasteiger partial charge in [0.1, 0.15) is 5.82 Å². The third-order valence-corrected chi connectivity index (χ3v) is 5.93. The SMILES string of the molecule is Nc1nc2c(s1)CC(NS(=O)(=O)Cc1ccc(F)cc1)CC2. The van der Waals surface area contributed by atoms with E-state index in [0.29, 0.717) is 23.5 Å². The van der Waals surface area contributed by atoms with Crippen LogP contribution in [0.15, 0.2) is 24.3 Å². The van der Waals surface area contributed by atoms with Crippen LogP contribution < -0.4 is 10.5 Å². The summed E-state index contributed by atoms with van der Waals surface area (Å²) in [6.07, 6.45) is 2.05. The number of benzene rings is 1. The Hall–Kier alpha value is -1.51. The average molecular weight is 341 g/mol. The van der Waals surface area contributed by atoms with Crippen LogP contribution in [0.2, 0.25) is 0 Å². The van der Waals surface area contributed by atoms with E-state index >= 15 is 0 Å². The predicted molar refractivity (Wildman–Crippen MR) is 84.5 cm³/mol. The Morgan fingerprint density at radius 1 is 1.36 bits per heavy atom. The van der Waals surface area contributed by atoms with Crippen molar-refractivity contribution in [3.63, 3.8) is 0 Å². The highest BCUT2D eigenvalue weighted by molar-refractivity contribution is 7.88. The summed E-state index contributed by atoms with van der Waals surface area (Å²) in [5.41, 5.74) is 7.23. The van der Waals surface area contributed by atoms with Crippen molar-refractivity contribution in [1.29, 1.82) is 0 Å². The summed E-state index contributed by atoms with van der Waals surface area (Å²) in [7, 11) is -3.46. The Kier molecular flexibility index (Phi) is 4.16. The van der Waals surface area contributed by atoms with E-state index in [1.54, 1.807) is 0 Å². The summed E-state index contributed by atoms with van der Waals surface area (Å²) in [5, 5.41) is 0.528. The van der Waals surface area contributed by atoms with E-state index < -0.39 is 10.0 Å². The number of nitrogens with two attached hydrogens (primary N) is 1. The number of nitrogens with one attached hydrogen (secondary N) is 1. The largest absolute Gasteiger partial charge is 0.375 e. The van der Waals surface area contributed by atoms with E-state index in [1.807, 2.05) is 0 Å². The van der Waals surface area contributed by atoms with Crippen molar-refractivity contribution in [3.8, 4) is 0 Å². The van der Waals surface area contributed by atoms with Crippen LogP contribution in [0, 0.1) is 5.82 Å². The van der Waals surface area contributed by atoms with E-state index in [1.165, 1.54) is 35.6 Å². The van der Waals surface area contributed by atoms with Crippen molar-refractivity contribution in [2.24, 2.45) is 0 Å². The van der Waals surface area contributed by atoms with Gasteiger partial charge < -0.3 is 5.73 Å². The van der Waals surface area contributed by atoms with Gasteiger partial charge in [0.25, 0.3) is 0 Å². The first-order valence-electron chi connectivity index (χ1n) is 6.90. The molecule has 0 aliphatic heterocycles. The van der Waals surface area contributed by atoms with Gasteiger partial charge in [0.15, 0.2) is 5.13 Å². The number of hydrogen-bond acceptors (Lipinski definition) is 5. The van der Waals surface area contributed by atoms with Gasteiger partial charge in [-0.1, -0.05) is 12.1 Å². The lowest BCUT2D eigenvalue weighted by Gasteiger charge is -2.22. The van der Waals surface area contributed by atoms with Crippen LogP contribution >= 0.6 is 11.3 Å². The minimum absolute atomic E-state index is 0.141.